The molecule has 1 atom stereocenters. The van der Waals surface area contributed by atoms with Gasteiger partial charge in [-0.25, -0.2) is 0 Å². The number of hydrogen-bond acceptors (Lipinski definition) is 5. The quantitative estimate of drug-likeness (QED) is 0.0381. The van der Waals surface area contributed by atoms with Crippen LogP contribution in [0.3, 0.4) is 0 Å². The van der Waals surface area contributed by atoms with Crippen molar-refractivity contribution in [2.24, 2.45) is 0 Å². The van der Waals surface area contributed by atoms with Crippen LogP contribution in [-0.4, -0.2) is 58.6 Å². The van der Waals surface area contributed by atoms with Gasteiger partial charge < -0.3 is 23.2 Å². The highest BCUT2D eigenvalue weighted by atomic mass is 127. The number of likely N-dealkylation sites (N-methyl/N-ethyl adjacent to an activating group) is 1. The predicted molar refractivity (Wildman–Crippen MR) is 174 cm³/mol. The van der Waals surface area contributed by atoms with E-state index in [-0.39, 0.29) is 13.2 Å². The normalized spacial score (nSPS) is 13.5. The lowest BCUT2D eigenvalue weighted by molar-refractivity contribution is -0.870. The van der Waals surface area contributed by atoms with E-state index in [1.807, 2.05) is 21.1 Å². The summed E-state index contributed by atoms with van der Waals surface area (Å²) >= 11 is 2.37. The molecule has 1 rings (SSSR count). The average Bonchev–Trinajstić information content (AvgIpc) is 2.89. The molecule has 0 amide bonds. The number of unbranched alkanes of at least 4 members (excludes halogenated alkanes) is 15. The van der Waals surface area contributed by atoms with Crippen molar-refractivity contribution in [3.05, 3.63) is 39.8 Å². The summed E-state index contributed by atoms with van der Waals surface area (Å²) < 4.78 is 28.9. The minimum Gasteiger partial charge on any atom is -0.756 e. The molecule has 0 saturated carbocycles. The van der Waals surface area contributed by atoms with Crippen LogP contribution in [0.2, 0.25) is 0 Å². The molecule has 1 aromatic rings. The van der Waals surface area contributed by atoms with Crippen LogP contribution in [0, 0.1) is 9.99 Å². The number of quaternary nitrogens is 1. The minimum atomic E-state index is -4.23. The molecule has 0 aliphatic carbocycles. The Labute approximate surface area is 260 Å². The lowest BCUT2D eigenvalue weighted by atomic mass is 10.0. The van der Waals surface area contributed by atoms with Gasteiger partial charge in [0.2, 0.25) is 0 Å². The Balaban J connectivity index is 1.72. The number of phosphoric acid groups is 1. The molecule has 6 nitrogen and oxygen atoms in total. The summed E-state index contributed by atoms with van der Waals surface area (Å²) in [5.41, 5.74) is 1.48. The maximum Gasteiger partial charge on any atom is 0.268 e. The first-order valence-corrected chi connectivity index (χ1v) is 18.3. The van der Waals surface area contributed by atoms with Gasteiger partial charge in [0.05, 0.1) is 34.4 Å². The maximum atomic E-state index is 11.7. The highest BCUT2D eigenvalue weighted by Gasteiger charge is 2.13. The van der Waals surface area contributed by atoms with Crippen LogP contribution < -0.4 is 4.89 Å². The number of hydrogen-bond donors (Lipinski definition) is 0. The molecule has 0 heterocycles. The van der Waals surface area contributed by atoms with E-state index in [4.69, 9.17) is 13.8 Å². The SMILES string of the molecule is C[N+](C)(C)CCOP(=O)([O-])OC[CH]COCCCCCCCCCCCCCCCCCCc1ccc(I)cc1. The van der Waals surface area contributed by atoms with Crippen LogP contribution in [0.4, 0.5) is 0 Å². The van der Waals surface area contributed by atoms with Crippen LogP contribution in [0.5, 0.6) is 0 Å². The van der Waals surface area contributed by atoms with Gasteiger partial charge in [-0.3, -0.25) is 4.57 Å². The molecular formula is C32H58INO5P. The molecule has 8 heteroatoms. The summed E-state index contributed by atoms with van der Waals surface area (Å²) in [5.74, 6) is 0. The van der Waals surface area contributed by atoms with E-state index in [9.17, 15) is 9.46 Å². The molecule has 233 valence electrons. The Bertz CT molecular complexity index is 757. The first-order chi connectivity index (χ1) is 19.2. The highest BCUT2D eigenvalue weighted by molar-refractivity contribution is 14.1. The fraction of sp³-hybridized carbons (Fsp3) is 0.781. The van der Waals surface area contributed by atoms with Crippen molar-refractivity contribution in [1.82, 2.24) is 0 Å². The van der Waals surface area contributed by atoms with E-state index in [0.29, 0.717) is 24.2 Å². The Kier molecular flexibility index (Phi) is 23.2. The van der Waals surface area contributed by atoms with Crippen LogP contribution >= 0.6 is 30.4 Å². The standard InChI is InChI=1S/C32H58INO5P/c1-34(2,3)26-30-39-40(35,36)38-29-20-28-37-27-19-17-15-13-11-9-7-5-4-6-8-10-12-14-16-18-21-31-22-24-32(33)25-23-31/h20,22-25H,4-19,21,26-30H2,1-3H3. The van der Waals surface area contributed by atoms with Crippen LogP contribution in [-0.2, 0) is 24.8 Å². The zero-order chi connectivity index (χ0) is 29.4. The summed E-state index contributed by atoms with van der Waals surface area (Å²) in [4.78, 5) is 11.7. The number of nitrogens with zero attached hydrogens (tertiary/aromatic N) is 1. The van der Waals surface area contributed by atoms with Gasteiger partial charge in [0.15, 0.2) is 0 Å². The molecule has 0 aromatic heterocycles. The van der Waals surface area contributed by atoms with Gasteiger partial charge in [-0.2, -0.15) is 0 Å². The first-order valence-electron chi connectivity index (χ1n) is 15.7. The topological polar surface area (TPSA) is 67.8 Å². The fourth-order valence-electron chi connectivity index (χ4n) is 4.48. The van der Waals surface area contributed by atoms with E-state index in [1.165, 1.54) is 112 Å². The van der Waals surface area contributed by atoms with Gasteiger partial charge in [-0.05, 0) is 59.5 Å². The largest absolute Gasteiger partial charge is 0.756 e. The average molecular weight is 695 g/mol. The second-order valence-corrected chi connectivity index (χ2v) is 14.6. The summed E-state index contributed by atoms with van der Waals surface area (Å²) in [6.07, 6.45) is 24.4. The number of phosphoric ester groups is 1. The Hall–Kier alpha value is -0.0200. The lowest BCUT2D eigenvalue weighted by Gasteiger charge is -2.27. The molecule has 0 spiro atoms. The Morgan fingerprint density at radius 3 is 1.68 bits per heavy atom. The molecule has 0 fully saturated rings. The molecule has 1 aromatic carbocycles. The van der Waals surface area contributed by atoms with Gasteiger partial charge in [-0.15, -0.1) is 0 Å². The third-order valence-corrected chi connectivity index (χ3v) is 8.70. The molecule has 0 aliphatic heterocycles. The van der Waals surface area contributed by atoms with Gasteiger partial charge in [-0.1, -0.05) is 102 Å². The van der Waals surface area contributed by atoms with Crippen molar-refractivity contribution in [3.63, 3.8) is 0 Å². The monoisotopic (exact) mass is 694 g/mol. The van der Waals surface area contributed by atoms with Crippen LogP contribution in [0.15, 0.2) is 24.3 Å². The lowest BCUT2D eigenvalue weighted by Crippen LogP contribution is -2.37. The summed E-state index contributed by atoms with van der Waals surface area (Å²) in [6.45, 7) is 1.81. The van der Waals surface area contributed by atoms with Crippen molar-refractivity contribution in [2.45, 2.75) is 109 Å². The molecule has 0 saturated heterocycles. The summed E-state index contributed by atoms with van der Waals surface area (Å²) in [6, 6.07) is 8.96. The van der Waals surface area contributed by atoms with Crippen molar-refractivity contribution >= 4 is 30.4 Å². The number of halogens is 1. The number of aryl methyl sites for hydroxylation is 1. The maximum absolute atomic E-state index is 11.7. The molecule has 1 radical (unpaired) electrons. The third kappa shape index (κ3) is 25.7. The van der Waals surface area contributed by atoms with Gasteiger partial charge in [0.25, 0.3) is 7.82 Å². The zero-order valence-electron chi connectivity index (χ0n) is 25.8. The van der Waals surface area contributed by atoms with Crippen molar-refractivity contribution in [1.29, 1.82) is 0 Å². The van der Waals surface area contributed by atoms with Crippen molar-refractivity contribution in [3.8, 4) is 0 Å². The smallest absolute Gasteiger partial charge is 0.268 e. The number of rotatable bonds is 28. The Morgan fingerprint density at radius 1 is 0.700 bits per heavy atom. The van der Waals surface area contributed by atoms with E-state index >= 15 is 0 Å². The number of benzene rings is 1. The van der Waals surface area contributed by atoms with Crippen molar-refractivity contribution < 1.29 is 27.7 Å². The van der Waals surface area contributed by atoms with Gasteiger partial charge in [0, 0.05) is 16.6 Å². The molecule has 1 unspecified atom stereocenters. The van der Waals surface area contributed by atoms with E-state index in [0.717, 1.165) is 6.42 Å². The second kappa shape index (κ2) is 24.4. The highest BCUT2D eigenvalue weighted by Crippen LogP contribution is 2.38. The molecule has 0 bridgehead atoms. The first kappa shape index (κ1) is 38.0. The van der Waals surface area contributed by atoms with E-state index in [2.05, 4.69) is 46.9 Å². The van der Waals surface area contributed by atoms with Gasteiger partial charge in [0.1, 0.15) is 13.2 Å². The fourth-order valence-corrected chi connectivity index (χ4v) is 5.51. The van der Waals surface area contributed by atoms with Crippen LogP contribution in [0.1, 0.15) is 108 Å². The summed E-state index contributed by atoms with van der Waals surface area (Å²) in [5, 5.41) is 0. The van der Waals surface area contributed by atoms with E-state index < -0.39 is 7.82 Å². The molecule has 40 heavy (non-hydrogen) atoms. The minimum absolute atomic E-state index is 0.0135. The Morgan fingerprint density at radius 2 is 1.18 bits per heavy atom. The molecular weight excluding hydrogens is 636 g/mol. The third-order valence-electron chi connectivity index (χ3n) is 7.02. The van der Waals surface area contributed by atoms with Crippen LogP contribution in [0.25, 0.3) is 0 Å². The molecule has 0 N–H and O–H groups in total. The van der Waals surface area contributed by atoms with Crippen molar-refractivity contribution in [2.75, 3.05) is 54.1 Å². The van der Waals surface area contributed by atoms with Gasteiger partial charge >= 0.3 is 0 Å². The molecule has 0 aliphatic rings. The predicted octanol–water partition coefficient (Wildman–Crippen LogP) is 8.50. The zero-order valence-corrected chi connectivity index (χ0v) is 28.8. The second-order valence-electron chi connectivity index (χ2n) is 12.0. The number of ether oxygens (including phenoxy) is 1. The summed E-state index contributed by atoms with van der Waals surface area (Å²) in [7, 11) is 1.70. The van der Waals surface area contributed by atoms with E-state index in [1.54, 1.807) is 6.42 Å².